The fraction of sp³-hybridized carbons (Fsp3) is 0.482. The summed E-state index contributed by atoms with van der Waals surface area (Å²) in [6, 6.07) is 0. The number of ether oxygens (including phenoxy) is 3. The van der Waals surface area contributed by atoms with Crippen LogP contribution in [0.2, 0.25) is 0 Å². The molecule has 0 aromatic rings. The van der Waals surface area contributed by atoms with Gasteiger partial charge in [0.15, 0.2) is 6.10 Å². The summed E-state index contributed by atoms with van der Waals surface area (Å²) in [7, 11) is 0. The molecule has 0 aliphatic rings. The van der Waals surface area contributed by atoms with Crippen molar-refractivity contribution in [1.82, 2.24) is 0 Å². The first-order valence-electron chi connectivity index (χ1n) is 23.6. The van der Waals surface area contributed by atoms with Gasteiger partial charge in [-0.2, -0.15) is 0 Å². The minimum atomic E-state index is -0.848. The van der Waals surface area contributed by atoms with E-state index in [2.05, 4.69) is 124 Å². The van der Waals surface area contributed by atoms with Gasteiger partial charge in [-0.05, 0) is 103 Å². The summed E-state index contributed by atoms with van der Waals surface area (Å²) in [5.74, 6) is -1.12. The van der Waals surface area contributed by atoms with Gasteiger partial charge < -0.3 is 14.2 Å². The Morgan fingerprint density at radius 2 is 0.677 bits per heavy atom. The van der Waals surface area contributed by atoms with Crippen LogP contribution in [-0.2, 0) is 28.6 Å². The zero-order chi connectivity index (χ0) is 45.1. The molecule has 0 saturated heterocycles. The largest absolute Gasteiger partial charge is 0.462 e. The molecule has 0 aliphatic carbocycles. The van der Waals surface area contributed by atoms with Gasteiger partial charge in [0.25, 0.3) is 0 Å². The molecule has 6 heteroatoms. The smallest absolute Gasteiger partial charge is 0.306 e. The molecular formula is C56H82O6. The van der Waals surface area contributed by atoms with Crippen molar-refractivity contribution < 1.29 is 28.6 Å². The first kappa shape index (κ1) is 57.0. The Morgan fingerprint density at radius 3 is 1.13 bits per heavy atom. The van der Waals surface area contributed by atoms with Gasteiger partial charge in [-0.25, -0.2) is 0 Å². The molecule has 0 aromatic heterocycles. The molecular weight excluding hydrogens is 769 g/mol. The van der Waals surface area contributed by atoms with Crippen LogP contribution in [0.1, 0.15) is 156 Å². The molecule has 0 aliphatic heterocycles. The van der Waals surface area contributed by atoms with Gasteiger partial charge in [0.05, 0.1) is 0 Å². The summed E-state index contributed by atoms with van der Waals surface area (Å²) >= 11 is 0. The summed E-state index contributed by atoms with van der Waals surface area (Å²) in [6.45, 7) is 6.09. The molecule has 0 amide bonds. The lowest BCUT2D eigenvalue weighted by atomic mass is 10.1. The molecule has 0 fully saturated rings. The van der Waals surface area contributed by atoms with Crippen molar-refractivity contribution in [2.24, 2.45) is 0 Å². The van der Waals surface area contributed by atoms with Gasteiger partial charge in [0.2, 0.25) is 0 Å². The van der Waals surface area contributed by atoms with Crippen molar-refractivity contribution in [2.45, 2.75) is 162 Å². The fourth-order valence-corrected chi connectivity index (χ4v) is 5.46. The molecule has 342 valence electrons. The molecule has 1 unspecified atom stereocenters. The highest BCUT2D eigenvalue weighted by molar-refractivity contribution is 5.71. The molecule has 0 saturated carbocycles. The van der Waals surface area contributed by atoms with Crippen LogP contribution in [0.3, 0.4) is 0 Å². The number of unbranched alkanes of at least 4 members (excludes halogenated alkanes) is 6. The molecule has 62 heavy (non-hydrogen) atoms. The van der Waals surface area contributed by atoms with Crippen molar-refractivity contribution in [1.29, 1.82) is 0 Å². The second-order valence-corrected chi connectivity index (χ2v) is 14.6. The summed E-state index contributed by atoms with van der Waals surface area (Å²) < 4.78 is 16.6. The van der Waals surface area contributed by atoms with E-state index >= 15 is 0 Å². The fourth-order valence-electron chi connectivity index (χ4n) is 5.46. The second-order valence-electron chi connectivity index (χ2n) is 14.6. The summed E-state index contributed by atoms with van der Waals surface area (Å²) in [6.07, 6.45) is 71.0. The Bertz CT molecular complexity index is 1490. The predicted molar refractivity (Wildman–Crippen MR) is 265 cm³/mol. The van der Waals surface area contributed by atoms with Crippen molar-refractivity contribution >= 4 is 17.9 Å². The number of esters is 3. The van der Waals surface area contributed by atoms with Crippen LogP contribution in [0.15, 0.2) is 158 Å². The lowest BCUT2D eigenvalue weighted by Gasteiger charge is -2.18. The molecule has 6 nitrogen and oxygen atoms in total. The van der Waals surface area contributed by atoms with E-state index in [0.717, 1.165) is 96.3 Å². The molecule has 0 heterocycles. The molecule has 0 rings (SSSR count). The van der Waals surface area contributed by atoms with Crippen LogP contribution in [0.25, 0.3) is 0 Å². The summed E-state index contributed by atoms with van der Waals surface area (Å²) in [5, 5.41) is 0. The van der Waals surface area contributed by atoms with E-state index in [0.29, 0.717) is 19.3 Å². The van der Waals surface area contributed by atoms with E-state index < -0.39 is 6.10 Å². The highest BCUT2D eigenvalue weighted by atomic mass is 16.6. The van der Waals surface area contributed by atoms with E-state index in [9.17, 15) is 14.4 Å². The highest BCUT2D eigenvalue weighted by Gasteiger charge is 2.19. The van der Waals surface area contributed by atoms with Crippen molar-refractivity contribution in [2.75, 3.05) is 13.2 Å². The highest BCUT2D eigenvalue weighted by Crippen LogP contribution is 2.10. The molecule has 0 N–H and O–H groups in total. The maximum Gasteiger partial charge on any atom is 0.306 e. The van der Waals surface area contributed by atoms with Crippen LogP contribution in [-0.4, -0.2) is 37.2 Å². The third-order valence-electron chi connectivity index (χ3n) is 8.89. The van der Waals surface area contributed by atoms with E-state index in [1.54, 1.807) is 0 Å². The third kappa shape index (κ3) is 46.1. The summed E-state index contributed by atoms with van der Waals surface area (Å²) in [4.78, 5) is 37.8. The van der Waals surface area contributed by atoms with E-state index in [-0.39, 0.29) is 50.4 Å². The van der Waals surface area contributed by atoms with Crippen LogP contribution in [0.5, 0.6) is 0 Å². The number of hydrogen-bond donors (Lipinski definition) is 0. The van der Waals surface area contributed by atoms with Gasteiger partial charge in [-0.3, -0.25) is 14.4 Å². The van der Waals surface area contributed by atoms with E-state index in [4.69, 9.17) is 14.2 Å². The number of rotatable bonds is 39. The number of carbonyl (C=O) groups excluding carboxylic acids is 3. The van der Waals surface area contributed by atoms with Crippen LogP contribution >= 0.6 is 0 Å². The Kier molecular flexibility index (Phi) is 44.8. The number of carbonyl (C=O) groups is 3. The Morgan fingerprint density at radius 1 is 0.339 bits per heavy atom. The van der Waals surface area contributed by atoms with Crippen molar-refractivity contribution in [3.8, 4) is 0 Å². The van der Waals surface area contributed by atoms with E-state index in [1.165, 1.54) is 0 Å². The normalized spacial score (nSPS) is 13.5. The molecule has 0 bridgehead atoms. The predicted octanol–water partition coefficient (Wildman–Crippen LogP) is 15.5. The Balaban J connectivity index is 4.66. The molecule has 0 aromatic carbocycles. The standard InChI is InChI=1S/C56H82O6/c1-4-7-10-13-16-19-22-25-27-28-29-32-34-37-40-43-46-49-55(58)61-52-53(51-60-54(57)48-45-42-39-36-33-30-24-21-18-15-12-9-6-3)62-56(59)50-47-44-41-38-35-31-26-23-20-17-14-11-8-5-2/h7-12,15-21,24-27,29-33,36-37,39-40,53H,4-6,13-14,22-23,28,34-35,38,41-52H2,1-3H3/b10-7+,11-8+,12-9+,18-15+,19-16+,20-17+,24-21+,27-25+,31-26+,32-29+,33-30+,39-36+,40-37+. The van der Waals surface area contributed by atoms with Crippen molar-refractivity contribution in [3.63, 3.8) is 0 Å². The monoisotopic (exact) mass is 851 g/mol. The zero-order valence-corrected chi connectivity index (χ0v) is 38.8. The van der Waals surface area contributed by atoms with Gasteiger partial charge in [0.1, 0.15) is 13.2 Å². The van der Waals surface area contributed by atoms with E-state index in [1.807, 2.05) is 54.7 Å². The molecule has 1 atom stereocenters. The van der Waals surface area contributed by atoms with Gasteiger partial charge >= 0.3 is 17.9 Å². The quantitative estimate of drug-likeness (QED) is 0.0202. The van der Waals surface area contributed by atoms with Crippen LogP contribution in [0.4, 0.5) is 0 Å². The lowest BCUT2D eigenvalue weighted by Crippen LogP contribution is -2.30. The zero-order valence-electron chi connectivity index (χ0n) is 38.8. The molecule has 0 radical (unpaired) electrons. The third-order valence-corrected chi connectivity index (χ3v) is 8.89. The van der Waals surface area contributed by atoms with Gasteiger partial charge in [-0.1, -0.05) is 192 Å². The minimum Gasteiger partial charge on any atom is -0.462 e. The second kappa shape index (κ2) is 48.7. The average molecular weight is 851 g/mol. The number of hydrogen-bond acceptors (Lipinski definition) is 6. The maximum atomic E-state index is 12.7. The maximum absolute atomic E-state index is 12.7. The van der Waals surface area contributed by atoms with Crippen molar-refractivity contribution in [3.05, 3.63) is 158 Å². The first-order chi connectivity index (χ1) is 30.5. The SMILES string of the molecule is CC/C=C/C=C/C=C/C=C/C=C/CCCC(=O)OCC(COC(=O)CCC/C=C/C/C=C/C/C=C/C/C=C/C/C=C/CC)OC(=O)CCCCCC/C=C/C/C=C/C/C=C/CC. The lowest BCUT2D eigenvalue weighted by molar-refractivity contribution is -0.167. The minimum absolute atomic E-state index is 0.148. The van der Waals surface area contributed by atoms with Gasteiger partial charge in [-0.15, -0.1) is 0 Å². The Hall–Kier alpha value is -4.97. The van der Waals surface area contributed by atoms with Gasteiger partial charge in [0, 0.05) is 19.3 Å². The first-order valence-corrected chi connectivity index (χ1v) is 23.6. The van der Waals surface area contributed by atoms with Crippen LogP contribution < -0.4 is 0 Å². The summed E-state index contributed by atoms with van der Waals surface area (Å²) in [5.41, 5.74) is 0. The van der Waals surface area contributed by atoms with Crippen LogP contribution in [0, 0.1) is 0 Å². The molecule has 0 spiro atoms. The topological polar surface area (TPSA) is 78.9 Å². The Labute approximate surface area is 378 Å². The average Bonchev–Trinajstić information content (AvgIpc) is 3.27. The number of allylic oxidation sites excluding steroid dienone is 26.